The van der Waals surface area contributed by atoms with Gasteiger partial charge in [-0.25, -0.2) is 4.98 Å². The lowest BCUT2D eigenvalue weighted by Gasteiger charge is -2.18. The monoisotopic (exact) mass is 336 g/mol. The lowest BCUT2D eigenvalue weighted by molar-refractivity contribution is -0.143. The van der Waals surface area contributed by atoms with Crippen molar-refractivity contribution in [1.29, 1.82) is 0 Å². The van der Waals surface area contributed by atoms with E-state index in [1.807, 2.05) is 56.3 Å². The highest BCUT2D eigenvalue weighted by Crippen LogP contribution is 2.19. The van der Waals surface area contributed by atoms with Crippen molar-refractivity contribution in [2.75, 3.05) is 13.2 Å². The van der Waals surface area contributed by atoms with Crippen LogP contribution in [0.2, 0.25) is 0 Å². The number of benzene rings is 2. The molecule has 3 aromatic rings. The first-order valence-electron chi connectivity index (χ1n) is 8.73. The van der Waals surface area contributed by atoms with Crippen molar-refractivity contribution >= 4 is 23.2 Å². The van der Waals surface area contributed by atoms with E-state index in [-0.39, 0.29) is 6.29 Å². The van der Waals surface area contributed by atoms with E-state index in [9.17, 15) is 0 Å². The van der Waals surface area contributed by atoms with E-state index in [1.165, 1.54) is 0 Å². The first-order valence-corrected chi connectivity index (χ1v) is 8.73. The average molecular weight is 336 g/mol. The molecule has 0 saturated carbocycles. The molecule has 0 radical (unpaired) electrons. The van der Waals surface area contributed by atoms with Gasteiger partial charge in [-0.3, -0.25) is 0 Å². The molecular formula is C21H24N2O2. The number of fused-ring (bicyclic) bond motifs is 1. The van der Waals surface area contributed by atoms with Crippen LogP contribution in [0.4, 0.5) is 0 Å². The summed E-state index contributed by atoms with van der Waals surface area (Å²) >= 11 is 0. The smallest absolute Gasteiger partial charge is 0.175 e. The molecule has 0 bridgehead atoms. The Hall–Kier alpha value is -2.43. The predicted octanol–water partition coefficient (Wildman–Crippen LogP) is 4.61. The van der Waals surface area contributed by atoms with Crippen LogP contribution in [0.25, 0.3) is 23.2 Å². The summed E-state index contributed by atoms with van der Waals surface area (Å²) in [4.78, 5) is 4.77. The van der Waals surface area contributed by atoms with E-state index in [4.69, 9.17) is 14.5 Å². The van der Waals surface area contributed by atoms with E-state index in [1.54, 1.807) is 0 Å². The normalized spacial score (nSPS) is 11.8. The van der Waals surface area contributed by atoms with Crippen molar-refractivity contribution in [2.45, 2.75) is 26.7 Å². The maximum Gasteiger partial charge on any atom is 0.175 e. The minimum atomic E-state index is -0.281. The van der Waals surface area contributed by atoms with Crippen molar-refractivity contribution in [3.63, 3.8) is 0 Å². The fraction of sp³-hybridized carbons (Fsp3) is 0.286. The molecule has 0 aliphatic heterocycles. The van der Waals surface area contributed by atoms with E-state index in [2.05, 4.69) is 28.8 Å². The highest BCUT2D eigenvalue weighted by Gasteiger charge is 2.14. The van der Waals surface area contributed by atoms with Crippen LogP contribution in [0.1, 0.15) is 25.2 Å². The summed E-state index contributed by atoms with van der Waals surface area (Å²) in [5, 5.41) is 0. The number of aromatic nitrogens is 2. The van der Waals surface area contributed by atoms with Crippen molar-refractivity contribution in [3.8, 4) is 0 Å². The molecule has 0 spiro atoms. The van der Waals surface area contributed by atoms with E-state index in [0.29, 0.717) is 19.8 Å². The molecular weight excluding hydrogens is 312 g/mol. The van der Waals surface area contributed by atoms with Crippen molar-refractivity contribution < 1.29 is 9.47 Å². The first kappa shape index (κ1) is 17.4. The standard InChI is InChI=1S/C21H24N2O2/c1-3-24-21(25-4-2)16-23-19-13-9-8-12-18(19)22-20(23)15-14-17-10-6-5-7-11-17/h5-15,21H,3-4,16H2,1-2H3. The molecule has 0 atom stereocenters. The van der Waals surface area contributed by atoms with Gasteiger partial charge >= 0.3 is 0 Å². The summed E-state index contributed by atoms with van der Waals surface area (Å²) < 4.78 is 13.6. The van der Waals surface area contributed by atoms with Gasteiger partial charge in [0.15, 0.2) is 6.29 Å². The molecule has 25 heavy (non-hydrogen) atoms. The Balaban J connectivity index is 1.95. The average Bonchev–Trinajstić information content (AvgIpc) is 2.99. The summed E-state index contributed by atoms with van der Waals surface area (Å²) in [7, 11) is 0. The fourth-order valence-corrected chi connectivity index (χ4v) is 2.82. The molecule has 4 heteroatoms. The summed E-state index contributed by atoms with van der Waals surface area (Å²) in [5.74, 6) is 0.898. The van der Waals surface area contributed by atoms with Crippen LogP contribution < -0.4 is 0 Å². The molecule has 2 aromatic carbocycles. The van der Waals surface area contributed by atoms with E-state index >= 15 is 0 Å². The molecule has 1 aromatic heterocycles. The molecule has 4 nitrogen and oxygen atoms in total. The van der Waals surface area contributed by atoms with Gasteiger partial charge in [-0.1, -0.05) is 48.5 Å². The Morgan fingerprint density at radius 3 is 2.32 bits per heavy atom. The van der Waals surface area contributed by atoms with Crippen molar-refractivity contribution in [1.82, 2.24) is 9.55 Å². The molecule has 3 rings (SSSR count). The Morgan fingerprint density at radius 2 is 1.60 bits per heavy atom. The molecule has 0 N–H and O–H groups in total. The van der Waals surface area contributed by atoms with E-state index in [0.717, 1.165) is 22.4 Å². The molecule has 130 valence electrons. The SMILES string of the molecule is CCOC(Cn1c(C=Cc2ccccc2)nc2ccccc21)OCC. The number of hydrogen-bond donors (Lipinski definition) is 0. The predicted molar refractivity (Wildman–Crippen MR) is 102 cm³/mol. The van der Waals surface area contributed by atoms with Gasteiger partial charge in [0, 0.05) is 13.2 Å². The molecule has 0 amide bonds. The number of hydrogen-bond acceptors (Lipinski definition) is 3. The lowest BCUT2D eigenvalue weighted by atomic mass is 10.2. The fourth-order valence-electron chi connectivity index (χ4n) is 2.82. The highest BCUT2D eigenvalue weighted by molar-refractivity contribution is 5.79. The number of ether oxygens (including phenoxy) is 2. The Labute approximate surface area is 148 Å². The van der Waals surface area contributed by atoms with Crippen LogP contribution in [0.3, 0.4) is 0 Å². The maximum atomic E-state index is 5.73. The van der Waals surface area contributed by atoms with Crippen LogP contribution in [0.5, 0.6) is 0 Å². The van der Waals surface area contributed by atoms with Gasteiger partial charge in [-0.05, 0) is 37.6 Å². The highest BCUT2D eigenvalue weighted by atomic mass is 16.7. The van der Waals surface area contributed by atoms with Crippen molar-refractivity contribution in [3.05, 3.63) is 66.0 Å². The number of nitrogens with zero attached hydrogens (tertiary/aromatic N) is 2. The molecule has 0 aliphatic carbocycles. The van der Waals surface area contributed by atoms with Gasteiger partial charge in [-0.2, -0.15) is 0 Å². The van der Waals surface area contributed by atoms with Gasteiger partial charge in [0.25, 0.3) is 0 Å². The molecule has 0 unspecified atom stereocenters. The largest absolute Gasteiger partial charge is 0.351 e. The summed E-state index contributed by atoms with van der Waals surface area (Å²) in [6.45, 7) is 5.80. The minimum absolute atomic E-state index is 0.281. The van der Waals surface area contributed by atoms with Gasteiger partial charge in [0.05, 0.1) is 17.6 Å². The number of imidazole rings is 1. The van der Waals surface area contributed by atoms with Gasteiger partial charge in [0.1, 0.15) is 5.82 Å². The zero-order valence-corrected chi connectivity index (χ0v) is 14.8. The maximum absolute atomic E-state index is 5.73. The summed E-state index contributed by atoms with van der Waals surface area (Å²) in [5.41, 5.74) is 3.20. The lowest BCUT2D eigenvalue weighted by Crippen LogP contribution is -2.24. The molecule has 1 heterocycles. The van der Waals surface area contributed by atoms with Crippen LogP contribution >= 0.6 is 0 Å². The van der Waals surface area contributed by atoms with Gasteiger partial charge < -0.3 is 14.0 Å². The Kier molecular flexibility index (Phi) is 5.99. The van der Waals surface area contributed by atoms with Gasteiger partial charge in [-0.15, -0.1) is 0 Å². The topological polar surface area (TPSA) is 36.3 Å². The van der Waals surface area contributed by atoms with Crippen LogP contribution in [-0.4, -0.2) is 29.1 Å². The minimum Gasteiger partial charge on any atom is -0.351 e. The number of para-hydroxylation sites is 2. The first-order chi connectivity index (χ1) is 12.3. The third-order valence-electron chi connectivity index (χ3n) is 3.95. The molecule has 0 saturated heterocycles. The van der Waals surface area contributed by atoms with Crippen LogP contribution in [0.15, 0.2) is 54.6 Å². The quantitative estimate of drug-likeness (QED) is 0.564. The van der Waals surface area contributed by atoms with E-state index < -0.39 is 0 Å². The Morgan fingerprint density at radius 1 is 0.920 bits per heavy atom. The second-order valence-electron chi connectivity index (χ2n) is 5.65. The van der Waals surface area contributed by atoms with Crippen LogP contribution in [-0.2, 0) is 16.0 Å². The molecule has 0 fully saturated rings. The summed E-state index contributed by atoms with van der Waals surface area (Å²) in [6, 6.07) is 18.4. The third kappa shape index (κ3) is 4.35. The van der Waals surface area contributed by atoms with Gasteiger partial charge in [0.2, 0.25) is 0 Å². The summed E-state index contributed by atoms with van der Waals surface area (Å²) in [6.07, 6.45) is 3.84. The second-order valence-corrected chi connectivity index (χ2v) is 5.65. The Bertz CT molecular complexity index is 818. The van der Waals surface area contributed by atoms with Crippen LogP contribution in [0, 0.1) is 0 Å². The second kappa shape index (κ2) is 8.60. The molecule has 0 aliphatic rings. The zero-order valence-electron chi connectivity index (χ0n) is 14.8. The number of rotatable bonds is 8. The zero-order chi connectivity index (χ0) is 17.5. The van der Waals surface area contributed by atoms with Crippen molar-refractivity contribution in [2.24, 2.45) is 0 Å². The third-order valence-corrected chi connectivity index (χ3v) is 3.95.